The predicted molar refractivity (Wildman–Crippen MR) is 75.3 cm³/mol. The third kappa shape index (κ3) is 3.92. The van der Waals surface area contributed by atoms with E-state index in [1.54, 1.807) is 13.0 Å². The average molecular weight is 300 g/mol. The molecule has 1 unspecified atom stereocenters. The lowest BCUT2D eigenvalue weighted by atomic mass is 10.2. The van der Waals surface area contributed by atoms with Crippen molar-refractivity contribution < 1.29 is 17.9 Å². The fourth-order valence-corrected chi connectivity index (χ4v) is 2.71. The van der Waals surface area contributed by atoms with E-state index in [4.69, 9.17) is 14.6 Å². The number of rotatable bonds is 4. The molecule has 1 atom stereocenters. The number of morpholine rings is 1. The molecular weight excluding hydrogens is 280 g/mol. The van der Waals surface area contributed by atoms with Crippen molar-refractivity contribution in [3.63, 3.8) is 0 Å². The molecule has 1 aliphatic rings. The Kier molecular flexibility index (Phi) is 4.64. The van der Waals surface area contributed by atoms with Crippen LogP contribution < -0.4 is 9.88 Å². The number of likely N-dealkylation sites (N-methyl/N-ethyl adjacent to an activating group) is 1. The summed E-state index contributed by atoms with van der Waals surface area (Å²) in [7, 11) is -1.63. The largest absolute Gasteiger partial charge is 0.491 e. The van der Waals surface area contributed by atoms with E-state index in [1.807, 2.05) is 7.05 Å². The second kappa shape index (κ2) is 6.09. The van der Waals surface area contributed by atoms with Crippen LogP contribution in [0.15, 0.2) is 23.1 Å². The van der Waals surface area contributed by atoms with Gasteiger partial charge in [-0.25, -0.2) is 13.6 Å². The topological polar surface area (TPSA) is 81.9 Å². The summed E-state index contributed by atoms with van der Waals surface area (Å²) in [6.07, 6.45) is 0.0334. The van der Waals surface area contributed by atoms with Crippen molar-refractivity contribution in [2.75, 3.05) is 33.4 Å². The maximum absolute atomic E-state index is 11.2. The van der Waals surface area contributed by atoms with Crippen molar-refractivity contribution in [1.82, 2.24) is 4.90 Å². The Hall–Kier alpha value is -1.15. The molecule has 1 saturated heterocycles. The molecular formula is C13H20N2O4S. The SMILES string of the molecule is Cc1cc(S(N)(=O)=O)ccc1OCC1CN(C)CCO1. The summed E-state index contributed by atoms with van der Waals surface area (Å²) in [6.45, 7) is 4.69. The van der Waals surface area contributed by atoms with Crippen molar-refractivity contribution in [3.05, 3.63) is 23.8 Å². The van der Waals surface area contributed by atoms with Gasteiger partial charge in [-0.3, -0.25) is 0 Å². The van der Waals surface area contributed by atoms with Crippen LogP contribution >= 0.6 is 0 Å². The van der Waals surface area contributed by atoms with E-state index < -0.39 is 10.0 Å². The third-order valence-electron chi connectivity index (χ3n) is 3.24. The van der Waals surface area contributed by atoms with Crippen LogP contribution in [0.5, 0.6) is 5.75 Å². The van der Waals surface area contributed by atoms with Crippen molar-refractivity contribution >= 4 is 10.0 Å². The highest BCUT2D eigenvalue weighted by molar-refractivity contribution is 7.89. The van der Waals surface area contributed by atoms with Crippen molar-refractivity contribution in [1.29, 1.82) is 0 Å². The van der Waals surface area contributed by atoms with Gasteiger partial charge in [-0.1, -0.05) is 0 Å². The van der Waals surface area contributed by atoms with E-state index in [9.17, 15) is 8.42 Å². The van der Waals surface area contributed by atoms with Gasteiger partial charge in [0.25, 0.3) is 0 Å². The molecule has 0 saturated carbocycles. The standard InChI is InChI=1S/C13H20N2O4S/c1-10-7-12(20(14,16)17)3-4-13(10)19-9-11-8-15(2)5-6-18-11/h3-4,7,11H,5-6,8-9H2,1-2H3,(H2,14,16,17). The quantitative estimate of drug-likeness (QED) is 0.868. The Morgan fingerprint density at radius 3 is 2.85 bits per heavy atom. The molecule has 2 N–H and O–H groups in total. The Balaban J connectivity index is 2.00. The number of benzene rings is 1. The molecule has 1 heterocycles. The van der Waals surface area contributed by atoms with E-state index >= 15 is 0 Å². The lowest BCUT2D eigenvalue weighted by Gasteiger charge is -2.30. The molecule has 1 aromatic carbocycles. The normalized spacial score (nSPS) is 20.9. The lowest BCUT2D eigenvalue weighted by Crippen LogP contribution is -2.42. The van der Waals surface area contributed by atoms with Crippen molar-refractivity contribution in [2.45, 2.75) is 17.9 Å². The maximum Gasteiger partial charge on any atom is 0.238 e. The molecule has 20 heavy (non-hydrogen) atoms. The monoisotopic (exact) mass is 300 g/mol. The van der Waals surface area contributed by atoms with Crippen LogP contribution in [0.25, 0.3) is 0 Å². The molecule has 0 bridgehead atoms. The molecule has 0 aromatic heterocycles. The van der Waals surface area contributed by atoms with Gasteiger partial charge in [0.15, 0.2) is 0 Å². The van der Waals surface area contributed by atoms with Gasteiger partial charge < -0.3 is 14.4 Å². The number of nitrogens with two attached hydrogens (primary N) is 1. The van der Waals surface area contributed by atoms with Gasteiger partial charge in [-0.2, -0.15) is 0 Å². The molecule has 112 valence electrons. The zero-order valence-electron chi connectivity index (χ0n) is 11.7. The van der Waals surface area contributed by atoms with Gasteiger partial charge in [-0.05, 0) is 37.7 Å². The third-order valence-corrected chi connectivity index (χ3v) is 4.15. The Morgan fingerprint density at radius 2 is 2.25 bits per heavy atom. The van der Waals surface area contributed by atoms with Gasteiger partial charge in [0.1, 0.15) is 18.5 Å². The first kappa shape index (κ1) is 15.2. The van der Waals surface area contributed by atoms with Crippen molar-refractivity contribution in [2.24, 2.45) is 5.14 Å². The molecule has 0 amide bonds. The van der Waals surface area contributed by atoms with E-state index in [1.165, 1.54) is 12.1 Å². The smallest absolute Gasteiger partial charge is 0.238 e. The van der Waals surface area contributed by atoms with Crippen LogP contribution in [-0.4, -0.2) is 52.8 Å². The number of aryl methyl sites for hydroxylation is 1. The minimum Gasteiger partial charge on any atom is -0.491 e. The zero-order valence-corrected chi connectivity index (χ0v) is 12.5. The van der Waals surface area contributed by atoms with Crippen LogP contribution in [-0.2, 0) is 14.8 Å². The predicted octanol–water partition coefficient (Wildman–Crippen LogP) is 0.352. The van der Waals surface area contributed by atoms with Crippen molar-refractivity contribution in [3.8, 4) is 5.75 Å². The van der Waals surface area contributed by atoms with Crippen LogP contribution in [0.1, 0.15) is 5.56 Å². The summed E-state index contributed by atoms with van der Waals surface area (Å²) >= 11 is 0. The van der Waals surface area contributed by atoms with Gasteiger partial charge in [0.05, 0.1) is 11.5 Å². The Bertz CT molecular complexity index is 574. The fourth-order valence-electron chi connectivity index (χ4n) is 2.11. The van der Waals surface area contributed by atoms with E-state index in [2.05, 4.69) is 4.90 Å². The van der Waals surface area contributed by atoms with Gasteiger partial charge in [0.2, 0.25) is 10.0 Å². The summed E-state index contributed by atoms with van der Waals surface area (Å²) in [5, 5.41) is 5.09. The molecule has 0 aliphatic carbocycles. The molecule has 1 fully saturated rings. The van der Waals surface area contributed by atoms with Gasteiger partial charge in [-0.15, -0.1) is 0 Å². The van der Waals surface area contributed by atoms with E-state index in [0.717, 1.165) is 18.7 Å². The highest BCUT2D eigenvalue weighted by Gasteiger charge is 2.18. The highest BCUT2D eigenvalue weighted by atomic mass is 32.2. The molecule has 0 spiro atoms. The van der Waals surface area contributed by atoms with E-state index in [-0.39, 0.29) is 11.0 Å². The highest BCUT2D eigenvalue weighted by Crippen LogP contribution is 2.21. The average Bonchev–Trinajstić information content (AvgIpc) is 2.36. The number of sulfonamides is 1. The minimum atomic E-state index is -3.67. The summed E-state index contributed by atoms with van der Waals surface area (Å²) in [4.78, 5) is 2.28. The first-order chi connectivity index (χ1) is 9.36. The number of hydrogen-bond acceptors (Lipinski definition) is 5. The molecule has 6 nitrogen and oxygen atoms in total. The fraction of sp³-hybridized carbons (Fsp3) is 0.538. The first-order valence-electron chi connectivity index (χ1n) is 6.42. The number of primary sulfonamides is 1. The van der Waals surface area contributed by atoms with Gasteiger partial charge >= 0.3 is 0 Å². The first-order valence-corrected chi connectivity index (χ1v) is 7.97. The molecule has 0 radical (unpaired) electrons. The van der Waals surface area contributed by atoms with Gasteiger partial charge in [0, 0.05) is 13.1 Å². The minimum absolute atomic E-state index is 0.0334. The summed E-state index contributed by atoms with van der Waals surface area (Å²) in [5.74, 6) is 0.647. The van der Waals surface area contributed by atoms with Crippen LogP contribution in [0.4, 0.5) is 0 Å². The van der Waals surface area contributed by atoms with Crippen LogP contribution in [0, 0.1) is 6.92 Å². The second-order valence-corrected chi connectivity index (χ2v) is 6.60. The maximum atomic E-state index is 11.2. The lowest BCUT2D eigenvalue weighted by molar-refractivity contribution is -0.0404. The van der Waals surface area contributed by atoms with E-state index in [0.29, 0.717) is 19.0 Å². The Morgan fingerprint density at radius 1 is 1.50 bits per heavy atom. The summed E-state index contributed by atoms with van der Waals surface area (Å²) in [6, 6.07) is 4.59. The zero-order chi connectivity index (χ0) is 14.8. The summed E-state index contributed by atoms with van der Waals surface area (Å²) in [5.41, 5.74) is 0.737. The second-order valence-electron chi connectivity index (χ2n) is 5.04. The number of nitrogens with zero attached hydrogens (tertiary/aromatic N) is 1. The molecule has 2 rings (SSSR count). The van der Waals surface area contributed by atoms with Crippen LogP contribution in [0.3, 0.4) is 0 Å². The Labute approximate surface area is 119 Å². The van der Waals surface area contributed by atoms with Crippen LogP contribution in [0.2, 0.25) is 0 Å². The summed E-state index contributed by atoms with van der Waals surface area (Å²) < 4.78 is 33.8. The number of hydrogen-bond donors (Lipinski definition) is 1. The molecule has 7 heteroatoms. The molecule has 1 aromatic rings. The number of ether oxygens (including phenoxy) is 2. The molecule has 1 aliphatic heterocycles.